The van der Waals surface area contributed by atoms with Crippen molar-refractivity contribution in [2.24, 2.45) is 11.7 Å². The molecule has 0 aromatic rings. The molecule has 0 aliphatic rings. The number of ketones is 1. The van der Waals surface area contributed by atoms with E-state index >= 15 is 0 Å². The largest absolute Gasteiger partial charge is 0.481 e. The van der Waals surface area contributed by atoms with Crippen molar-refractivity contribution in [3.8, 4) is 0 Å². The minimum absolute atomic E-state index is 0.0568. The van der Waals surface area contributed by atoms with Crippen LogP contribution in [0.3, 0.4) is 0 Å². The zero-order valence-corrected chi connectivity index (χ0v) is 9.37. The van der Waals surface area contributed by atoms with E-state index in [1.807, 2.05) is 0 Å². The third kappa shape index (κ3) is 7.08. The molecule has 0 aromatic carbocycles. The van der Waals surface area contributed by atoms with Crippen LogP contribution in [0.2, 0.25) is 0 Å². The fraction of sp³-hybridized carbons (Fsp3) is 0.818. The SMILES string of the molecule is CCCCCCC(CC(=O)CN)C(=O)O. The molecule has 0 aromatic heterocycles. The van der Waals surface area contributed by atoms with E-state index in [0.29, 0.717) is 6.42 Å². The van der Waals surface area contributed by atoms with Gasteiger partial charge in [-0.1, -0.05) is 32.6 Å². The number of carboxylic acids is 1. The first-order chi connectivity index (χ1) is 7.11. The molecule has 0 rings (SSSR count). The van der Waals surface area contributed by atoms with Crippen molar-refractivity contribution >= 4 is 11.8 Å². The molecule has 0 saturated heterocycles. The van der Waals surface area contributed by atoms with E-state index in [1.54, 1.807) is 0 Å². The highest BCUT2D eigenvalue weighted by Gasteiger charge is 2.19. The summed E-state index contributed by atoms with van der Waals surface area (Å²) in [5.41, 5.74) is 5.15. The molecule has 0 fully saturated rings. The van der Waals surface area contributed by atoms with Crippen molar-refractivity contribution in [3.63, 3.8) is 0 Å². The normalized spacial score (nSPS) is 12.4. The van der Waals surface area contributed by atoms with Crippen molar-refractivity contribution in [2.75, 3.05) is 6.54 Å². The van der Waals surface area contributed by atoms with Gasteiger partial charge in [-0.3, -0.25) is 9.59 Å². The number of rotatable bonds is 9. The molecule has 0 aliphatic heterocycles. The smallest absolute Gasteiger partial charge is 0.306 e. The number of carbonyl (C=O) groups is 2. The minimum atomic E-state index is -0.881. The van der Waals surface area contributed by atoms with E-state index in [2.05, 4.69) is 6.92 Å². The van der Waals surface area contributed by atoms with E-state index in [0.717, 1.165) is 25.7 Å². The Morgan fingerprint density at radius 3 is 2.40 bits per heavy atom. The first-order valence-corrected chi connectivity index (χ1v) is 5.56. The highest BCUT2D eigenvalue weighted by atomic mass is 16.4. The number of unbranched alkanes of at least 4 members (excludes halogenated alkanes) is 3. The molecule has 0 bridgehead atoms. The van der Waals surface area contributed by atoms with Gasteiger partial charge in [0.1, 0.15) is 5.78 Å². The third-order valence-corrected chi connectivity index (χ3v) is 2.46. The van der Waals surface area contributed by atoms with Crippen LogP contribution >= 0.6 is 0 Å². The molecule has 0 radical (unpaired) electrons. The summed E-state index contributed by atoms with van der Waals surface area (Å²) in [6.07, 6.45) is 4.83. The van der Waals surface area contributed by atoms with Crippen LogP contribution in [0.4, 0.5) is 0 Å². The van der Waals surface area contributed by atoms with Crippen LogP contribution in [0.15, 0.2) is 0 Å². The molecule has 0 amide bonds. The van der Waals surface area contributed by atoms with Crippen LogP contribution in [0.25, 0.3) is 0 Å². The zero-order valence-electron chi connectivity index (χ0n) is 9.37. The van der Waals surface area contributed by atoms with Gasteiger partial charge in [-0.25, -0.2) is 0 Å². The third-order valence-electron chi connectivity index (χ3n) is 2.46. The van der Waals surface area contributed by atoms with Gasteiger partial charge in [0.2, 0.25) is 0 Å². The fourth-order valence-corrected chi connectivity index (χ4v) is 1.49. The molecule has 4 heteroatoms. The second-order valence-electron chi connectivity index (χ2n) is 3.83. The summed E-state index contributed by atoms with van der Waals surface area (Å²) < 4.78 is 0. The summed E-state index contributed by atoms with van der Waals surface area (Å²) >= 11 is 0. The molecular formula is C11H21NO3. The van der Waals surface area contributed by atoms with Gasteiger partial charge in [-0.05, 0) is 6.42 Å². The van der Waals surface area contributed by atoms with Crippen LogP contribution in [0, 0.1) is 5.92 Å². The van der Waals surface area contributed by atoms with E-state index in [9.17, 15) is 9.59 Å². The summed E-state index contributed by atoms with van der Waals surface area (Å²) in [6.45, 7) is 2.05. The predicted molar refractivity (Wildman–Crippen MR) is 58.6 cm³/mol. The lowest BCUT2D eigenvalue weighted by atomic mass is 9.95. The number of aliphatic carboxylic acids is 1. The summed E-state index contributed by atoms with van der Waals surface area (Å²) in [5, 5.41) is 8.88. The quantitative estimate of drug-likeness (QED) is 0.572. The number of Topliss-reactive ketones (excluding diaryl/α,β-unsaturated/α-hetero) is 1. The Morgan fingerprint density at radius 1 is 1.27 bits per heavy atom. The second kappa shape index (κ2) is 8.41. The molecule has 0 saturated carbocycles. The zero-order chi connectivity index (χ0) is 11.7. The van der Waals surface area contributed by atoms with E-state index in [1.165, 1.54) is 0 Å². The highest BCUT2D eigenvalue weighted by Crippen LogP contribution is 2.15. The van der Waals surface area contributed by atoms with Crippen LogP contribution in [0.5, 0.6) is 0 Å². The Kier molecular flexibility index (Phi) is 7.91. The van der Waals surface area contributed by atoms with Crippen LogP contribution in [0.1, 0.15) is 45.4 Å². The minimum Gasteiger partial charge on any atom is -0.481 e. The number of hydrogen-bond donors (Lipinski definition) is 2. The molecule has 88 valence electrons. The molecule has 3 N–H and O–H groups in total. The monoisotopic (exact) mass is 215 g/mol. The molecular weight excluding hydrogens is 194 g/mol. The second-order valence-corrected chi connectivity index (χ2v) is 3.83. The van der Waals surface area contributed by atoms with Gasteiger partial charge in [0, 0.05) is 6.42 Å². The topological polar surface area (TPSA) is 80.4 Å². The Balaban J connectivity index is 3.84. The van der Waals surface area contributed by atoms with Crippen molar-refractivity contribution in [1.29, 1.82) is 0 Å². The summed E-state index contributed by atoms with van der Waals surface area (Å²) in [4.78, 5) is 21.8. The highest BCUT2D eigenvalue weighted by molar-refractivity contribution is 5.85. The molecule has 15 heavy (non-hydrogen) atoms. The molecule has 0 heterocycles. The Morgan fingerprint density at radius 2 is 1.93 bits per heavy atom. The molecule has 1 atom stereocenters. The van der Waals surface area contributed by atoms with E-state index < -0.39 is 11.9 Å². The molecule has 0 spiro atoms. The first kappa shape index (κ1) is 14.1. The van der Waals surface area contributed by atoms with E-state index in [4.69, 9.17) is 10.8 Å². The number of nitrogens with two attached hydrogens (primary N) is 1. The van der Waals surface area contributed by atoms with Crippen molar-refractivity contribution in [3.05, 3.63) is 0 Å². The van der Waals surface area contributed by atoms with Crippen molar-refractivity contribution in [1.82, 2.24) is 0 Å². The summed E-state index contributed by atoms with van der Waals surface area (Å²) in [7, 11) is 0. The Bertz CT molecular complexity index is 204. The molecule has 1 unspecified atom stereocenters. The summed E-state index contributed by atoms with van der Waals surface area (Å²) in [5.74, 6) is -1.59. The number of hydrogen-bond acceptors (Lipinski definition) is 3. The molecule has 4 nitrogen and oxygen atoms in total. The molecule has 0 aliphatic carbocycles. The summed E-state index contributed by atoms with van der Waals surface area (Å²) in [6, 6.07) is 0. The fourth-order valence-electron chi connectivity index (χ4n) is 1.49. The van der Waals surface area contributed by atoms with Gasteiger partial charge in [0.15, 0.2) is 0 Å². The average molecular weight is 215 g/mol. The van der Waals surface area contributed by atoms with Crippen LogP contribution in [-0.2, 0) is 9.59 Å². The van der Waals surface area contributed by atoms with Gasteiger partial charge in [-0.15, -0.1) is 0 Å². The standard InChI is InChI=1S/C11H21NO3/c1-2-3-4-5-6-9(11(14)15)7-10(13)8-12/h9H,2-8,12H2,1H3,(H,14,15). The van der Waals surface area contributed by atoms with Gasteiger partial charge in [0.05, 0.1) is 12.5 Å². The number of carboxylic acid groups (broad SMARTS) is 1. The lowest BCUT2D eigenvalue weighted by Crippen LogP contribution is -2.22. The van der Waals surface area contributed by atoms with Gasteiger partial charge in [-0.2, -0.15) is 0 Å². The Hall–Kier alpha value is -0.900. The van der Waals surface area contributed by atoms with Gasteiger partial charge < -0.3 is 10.8 Å². The van der Waals surface area contributed by atoms with Crippen LogP contribution < -0.4 is 5.73 Å². The van der Waals surface area contributed by atoms with Gasteiger partial charge in [0.25, 0.3) is 0 Å². The first-order valence-electron chi connectivity index (χ1n) is 5.56. The van der Waals surface area contributed by atoms with Crippen LogP contribution in [-0.4, -0.2) is 23.4 Å². The maximum absolute atomic E-state index is 11.0. The predicted octanol–water partition coefficient (Wildman–Crippen LogP) is 1.58. The maximum Gasteiger partial charge on any atom is 0.306 e. The lowest BCUT2D eigenvalue weighted by molar-refractivity contribution is -0.143. The average Bonchev–Trinajstić information content (AvgIpc) is 2.21. The lowest BCUT2D eigenvalue weighted by Gasteiger charge is -2.10. The van der Waals surface area contributed by atoms with E-state index in [-0.39, 0.29) is 18.7 Å². The number of carbonyl (C=O) groups excluding carboxylic acids is 1. The Labute approximate surface area is 90.8 Å². The van der Waals surface area contributed by atoms with Crippen molar-refractivity contribution in [2.45, 2.75) is 45.4 Å². The van der Waals surface area contributed by atoms with Gasteiger partial charge >= 0.3 is 5.97 Å². The van der Waals surface area contributed by atoms with Crippen molar-refractivity contribution < 1.29 is 14.7 Å². The maximum atomic E-state index is 11.0.